The van der Waals surface area contributed by atoms with Crippen LogP contribution in [0.25, 0.3) is 0 Å². The molecule has 0 fully saturated rings. The van der Waals surface area contributed by atoms with Gasteiger partial charge in [0.15, 0.2) is 0 Å². The number of nitrogens with zero attached hydrogens (tertiary/aromatic N) is 1. The van der Waals surface area contributed by atoms with Crippen LogP contribution in [0.5, 0.6) is 11.5 Å². The van der Waals surface area contributed by atoms with Gasteiger partial charge in [0.25, 0.3) is 0 Å². The average molecular weight is 464 g/mol. The number of benzene rings is 4. The number of rotatable bonds is 5. The quantitative estimate of drug-likeness (QED) is 0.335. The van der Waals surface area contributed by atoms with Crippen LogP contribution >= 0.6 is 0 Å². The van der Waals surface area contributed by atoms with Gasteiger partial charge in [-0.2, -0.15) is 0 Å². The summed E-state index contributed by atoms with van der Waals surface area (Å²) in [6.45, 7) is 3.12. The summed E-state index contributed by atoms with van der Waals surface area (Å²) >= 11 is 0. The van der Waals surface area contributed by atoms with Crippen molar-refractivity contribution in [1.82, 2.24) is 4.90 Å². The number of hydrogen-bond acceptors (Lipinski definition) is 3. The number of para-hydroxylation sites is 1. The van der Waals surface area contributed by atoms with Crippen molar-refractivity contribution in [2.75, 3.05) is 24.2 Å². The molecule has 1 atom stereocenters. The van der Waals surface area contributed by atoms with Gasteiger partial charge in [-0.1, -0.05) is 54.1 Å². The molecule has 1 heterocycles. The predicted molar refractivity (Wildman–Crippen MR) is 141 cm³/mol. The predicted octanol–water partition coefficient (Wildman–Crippen LogP) is 7.01. The second-order valence-electron chi connectivity index (χ2n) is 8.98. The summed E-state index contributed by atoms with van der Waals surface area (Å²) in [7, 11) is 2.19. The second-order valence-corrected chi connectivity index (χ2v) is 8.98. The van der Waals surface area contributed by atoms with Gasteiger partial charge in [-0.3, -0.25) is 4.90 Å². The van der Waals surface area contributed by atoms with Crippen molar-refractivity contribution in [3.63, 3.8) is 0 Å². The standard InChI is InChI=1S/C30H29N3O2/c1-21-8-10-22(11-9-21)29-28-17-16-27(20-23(28)18-19-33(29)2)35-26-14-12-25(13-15-26)32-30(34)31-24-6-4-3-5-7-24/h3-17,20,29H,18-19H2,1-2H3,(H2,31,32,34). The third-order valence-electron chi connectivity index (χ3n) is 6.36. The summed E-state index contributed by atoms with van der Waals surface area (Å²) in [4.78, 5) is 14.6. The van der Waals surface area contributed by atoms with Crippen LogP contribution in [0.2, 0.25) is 0 Å². The summed E-state index contributed by atoms with van der Waals surface area (Å²) < 4.78 is 6.14. The highest BCUT2D eigenvalue weighted by molar-refractivity contribution is 5.99. The number of likely N-dealkylation sites (N-methyl/N-ethyl adjacent to an activating group) is 1. The zero-order valence-electron chi connectivity index (χ0n) is 20.0. The number of urea groups is 1. The Hall–Kier alpha value is -4.09. The number of nitrogens with one attached hydrogen (secondary N) is 2. The van der Waals surface area contributed by atoms with Crippen LogP contribution in [0.4, 0.5) is 16.2 Å². The summed E-state index contributed by atoms with van der Waals surface area (Å²) in [5, 5.41) is 5.65. The first-order valence-electron chi connectivity index (χ1n) is 11.9. The van der Waals surface area contributed by atoms with E-state index in [9.17, 15) is 4.79 Å². The third-order valence-corrected chi connectivity index (χ3v) is 6.36. The van der Waals surface area contributed by atoms with Crippen LogP contribution in [0.15, 0.2) is 97.1 Å². The minimum absolute atomic E-state index is 0.251. The fourth-order valence-electron chi connectivity index (χ4n) is 4.53. The molecular formula is C30H29N3O2. The highest BCUT2D eigenvalue weighted by atomic mass is 16.5. The number of ether oxygens (including phenoxy) is 1. The Morgan fingerprint density at radius 3 is 2.20 bits per heavy atom. The molecular weight excluding hydrogens is 434 g/mol. The van der Waals surface area contributed by atoms with E-state index in [-0.39, 0.29) is 12.1 Å². The van der Waals surface area contributed by atoms with E-state index in [0.717, 1.165) is 30.2 Å². The van der Waals surface area contributed by atoms with Crippen LogP contribution in [0.3, 0.4) is 0 Å². The van der Waals surface area contributed by atoms with E-state index in [1.54, 1.807) is 0 Å². The molecule has 5 rings (SSSR count). The number of anilines is 2. The van der Waals surface area contributed by atoms with E-state index < -0.39 is 0 Å². The minimum Gasteiger partial charge on any atom is -0.457 e. The first-order chi connectivity index (χ1) is 17.0. The van der Waals surface area contributed by atoms with Crippen LogP contribution < -0.4 is 15.4 Å². The van der Waals surface area contributed by atoms with Crippen LogP contribution in [0, 0.1) is 6.92 Å². The van der Waals surface area contributed by atoms with Gasteiger partial charge in [0.1, 0.15) is 11.5 Å². The van der Waals surface area contributed by atoms with Crippen molar-refractivity contribution in [3.05, 3.63) is 119 Å². The van der Waals surface area contributed by atoms with Gasteiger partial charge in [-0.15, -0.1) is 0 Å². The molecule has 0 aliphatic carbocycles. The molecule has 0 saturated carbocycles. The van der Waals surface area contributed by atoms with Crippen molar-refractivity contribution in [3.8, 4) is 11.5 Å². The largest absolute Gasteiger partial charge is 0.457 e. The number of fused-ring (bicyclic) bond motifs is 1. The van der Waals surface area contributed by atoms with E-state index in [1.807, 2.05) is 60.7 Å². The molecule has 0 aromatic heterocycles. The molecule has 176 valence electrons. The fraction of sp³-hybridized carbons (Fsp3) is 0.167. The molecule has 0 spiro atoms. The lowest BCUT2D eigenvalue weighted by Crippen LogP contribution is -2.32. The molecule has 0 bridgehead atoms. The molecule has 0 saturated heterocycles. The first-order valence-corrected chi connectivity index (χ1v) is 11.9. The SMILES string of the molecule is Cc1ccc(C2c3ccc(Oc4ccc(NC(=O)Nc5ccccc5)cc4)cc3CCN2C)cc1. The molecule has 4 aromatic rings. The zero-order valence-corrected chi connectivity index (χ0v) is 20.0. The number of aryl methyl sites for hydroxylation is 1. The van der Waals surface area contributed by atoms with Gasteiger partial charge in [0, 0.05) is 17.9 Å². The third kappa shape index (κ3) is 5.36. The van der Waals surface area contributed by atoms with Crippen molar-refractivity contribution in [2.24, 2.45) is 0 Å². The number of hydrogen-bond donors (Lipinski definition) is 2. The zero-order chi connectivity index (χ0) is 24.2. The Labute approximate surface area is 206 Å². The van der Waals surface area contributed by atoms with Crippen molar-refractivity contribution < 1.29 is 9.53 Å². The molecule has 0 radical (unpaired) electrons. The van der Waals surface area contributed by atoms with Crippen LogP contribution in [-0.2, 0) is 6.42 Å². The molecule has 2 N–H and O–H groups in total. The Balaban J connectivity index is 1.26. The van der Waals surface area contributed by atoms with Gasteiger partial charge in [-0.25, -0.2) is 4.79 Å². The minimum atomic E-state index is -0.285. The van der Waals surface area contributed by atoms with E-state index in [2.05, 4.69) is 65.9 Å². The van der Waals surface area contributed by atoms with E-state index >= 15 is 0 Å². The highest BCUT2D eigenvalue weighted by Crippen LogP contribution is 2.36. The van der Waals surface area contributed by atoms with Crippen molar-refractivity contribution in [1.29, 1.82) is 0 Å². The molecule has 35 heavy (non-hydrogen) atoms. The van der Waals surface area contributed by atoms with Gasteiger partial charge >= 0.3 is 6.03 Å². The normalized spacial score (nSPS) is 15.2. The second kappa shape index (κ2) is 10.0. The van der Waals surface area contributed by atoms with E-state index in [0.29, 0.717) is 5.69 Å². The van der Waals surface area contributed by atoms with E-state index in [4.69, 9.17) is 4.74 Å². The molecule has 2 amide bonds. The summed E-state index contributed by atoms with van der Waals surface area (Å²) in [6, 6.07) is 31.9. The van der Waals surface area contributed by atoms with E-state index in [1.165, 1.54) is 22.3 Å². The van der Waals surface area contributed by atoms with Gasteiger partial charge in [-0.05, 0) is 85.6 Å². The molecule has 5 nitrogen and oxygen atoms in total. The molecule has 5 heteroatoms. The maximum absolute atomic E-state index is 12.2. The van der Waals surface area contributed by atoms with Crippen molar-refractivity contribution >= 4 is 17.4 Å². The maximum Gasteiger partial charge on any atom is 0.323 e. The summed E-state index contributed by atoms with van der Waals surface area (Å²) in [5.74, 6) is 1.54. The number of carbonyl (C=O) groups excluding carboxylic acids is 1. The monoisotopic (exact) mass is 463 g/mol. The lowest BCUT2D eigenvalue weighted by molar-refractivity contribution is 0.262. The van der Waals surface area contributed by atoms with Crippen LogP contribution in [-0.4, -0.2) is 24.5 Å². The average Bonchev–Trinajstić information content (AvgIpc) is 2.87. The highest BCUT2D eigenvalue weighted by Gasteiger charge is 2.26. The Morgan fingerprint density at radius 2 is 1.49 bits per heavy atom. The smallest absolute Gasteiger partial charge is 0.323 e. The Kier molecular flexibility index (Phi) is 6.51. The van der Waals surface area contributed by atoms with Crippen molar-refractivity contribution in [2.45, 2.75) is 19.4 Å². The Morgan fingerprint density at radius 1 is 0.829 bits per heavy atom. The maximum atomic E-state index is 12.2. The molecule has 1 unspecified atom stereocenters. The molecule has 4 aromatic carbocycles. The van der Waals surface area contributed by atoms with Crippen LogP contribution in [0.1, 0.15) is 28.3 Å². The lowest BCUT2D eigenvalue weighted by atomic mass is 9.88. The number of carbonyl (C=O) groups is 1. The number of amides is 2. The summed E-state index contributed by atoms with van der Waals surface area (Å²) in [5.41, 5.74) is 6.68. The first kappa shape index (κ1) is 22.7. The molecule has 1 aliphatic rings. The molecule has 1 aliphatic heterocycles. The Bertz CT molecular complexity index is 1300. The topological polar surface area (TPSA) is 53.6 Å². The van der Waals surface area contributed by atoms with Gasteiger partial charge in [0.2, 0.25) is 0 Å². The lowest BCUT2D eigenvalue weighted by Gasteiger charge is -2.35. The van der Waals surface area contributed by atoms with Gasteiger partial charge < -0.3 is 15.4 Å². The van der Waals surface area contributed by atoms with Gasteiger partial charge in [0.05, 0.1) is 6.04 Å². The fourth-order valence-corrected chi connectivity index (χ4v) is 4.53. The summed E-state index contributed by atoms with van der Waals surface area (Å²) in [6.07, 6.45) is 0.991.